The van der Waals surface area contributed by atoms with Crippen LogP contribution in [0.15, 0.2) is 4.42 Å². The van der Waals surface area contributed by atoms with E-state index in [9.17, 15) is 8.42 Å². The van der Waals surface area contributed by atoms with Gasteiger partial charge in [0.25, 0.3) is 0 Å². The molecule has 2 saturated heterocycles. The molecule has 3 rings (SSSR count). The van der Waals surface area contributed by atoms with Crippen molar-refractivity contribution in [2.45, 2.75) is 38.0 Å². The third-order valence-electron chi connectivity index (χ3n) is 4.61. The van der Waals surface area contributed by atoms with Crippen molar-refractivity contribution in [3.63, 3.8) is 0 Å². The third-order valence-corrected chi connectivity index (χ3v) is 6.92. The van der Waals surface area contributed by atoms with Crippen LogP contribution in [-0.2, 0) is 14.8 Å². The van der Waals surface area contributed by atoms with Gasteiger partial charge in [-0.25, -0.2) is 8.42 Å². The lowest BCUT2D eigenvalue weighted by Crippen LogP contribution is -2.51. The molecule has 0 unspecified atom stereocenters. The molecule has 23 heavy (non-hydrogen) atoms. The van der Waals surface area contributed by atoms with Crippen molar-refractivity contribution < 1.29 is 17.6 Å². The molecule has 0 aliphatic carbocycles. The van der Waals surface area contributed by atoms with Crippen molar-refractivity contribution in [3.8, 4) is 0 Å². The number of ether oxygens (including phenoxy) is 1. The van der Waals surface area contributed by atoms with Gasteiger partial charge >= 0.3 is 0 Å². The molecule has 0 amide bonds. The molecule has 130 valence electrons. The third kappa shape index (κ3) is 3.57. The maximum Gasteiger partial charge on any atom is 0.233 e. The highest BCUT2D eigenvalue weighted by molar-refractivity contribution is 7.89. The Balaban J connectivity index is 1.70. The molecular formula is C14H24N4O4S. The van der Waals surface area contributed by atoms with Crippen molar-refractivity contribution in [1.29, 1.82) is 0 Å². The number of morpholine rings is 1. The average Bonchev–Trinajstić information content (AvgIpc) is 3.01. The fourth-order valence-electron chi connectivity index (χ4n) is 3.21. The Bertz CT molecular complexity index is 626. The van der Waals surface area contributed by atoms with Crippen LogP contribution in [0.5, 0.6) is 0 Å². The lowest BCUT2D eigenvalue weighted by molar-refractivity contribution is 0.0714. The zero-order valence-corrected chi connectivity index (χ0v) is 14.5. The summed E-state index contributed by atoms with van der Waals surface area (Å²) >= 11 is 0. The molecule has 0 bridgehead atoms. The van der Waals surface area contributed by atoms with Crippen LogP contribution in [0.1, 0.15) is 37.6 Å². The molecule has 0 radical (unpaired) electrons. The van der Waals surface area contributed by atoms with E-state index in [1.165, 1.54) is 0 Å². The fraction of sp³-hybridized carbons (Fsp3) is 0.857. The largest absolute Gasteiger partial charge is 0.424 e. The van der Waals surface area contributed by atoms with Gasteiger partial charge in [-0.05, 0) is 26.3 Å². The summed E-state index contributed by atoms with van der Waals surface area (Å²) in [6.45, 7) is 6.96. The Morgan fingerprint density at radius 3 is 2.61 bits per heavy atom. The molecule has 2 atom stereocenters. The van der Waals surface area contributed by atoms with Crippen LogP contribution in [0.4, 0.5) is 0 Å². The van der Waals surface area contributed by atoms with Gasteiger partial charge in [-0.3, -0.25) is 4.90 Å². The van der Waals surface area contributed by atoms with Gasteiger partial charge in [0.2, 0.25) is 21.8 Å². The van der Waals surface area contributed by atoms with Crippen molar-refractivity contribution in [2.75, 3.05) is 39.4 Å². The van der Waals surface area contributed by atoms with Gasteiger partial charge in [-0.1, -0.05) is 0 Å². The van der Waals surface area contributed by atoms with Crippen molar-refractivity contribution in [2.24, 2.45) is 0 Å². The van der Waals surface area contributed by atoms with Crippen LogP contribution in [0.25, 0.3) is 0 Å². The monoisotopic (exact) mass is 344 g/mol. The number of piperidine rings is 1. The molecule has 3 heterocycles. The summed E-state index contributed by atoms with van der Waals surface area (Å²) in [5, 5.41) is 7.55. The second-order valence-corrected chi connectivity index (χ2v) is 8.36. The summed E-state index contributed by atoms with van der Waals surface area (Å²) in [4.78, 5) is 2.12. The van der Waals surface area contributed by atoms with E-state index in [1.807, 2.05) is 6.92 Å². The first-order chi connectivity index (χ1) is 11.0. The zero-order chi connectivity index (χ0) is 16.4. The summed E-state index contributed by atoms with van der Waals surface area (Å²) in [5.41, 5.74) is 0. The number of rotatable bonds is 4. The number of aromatic nitrogens is 2. The average molecular weight is 344 g/mol. The van der Waals surface area contributed by atoms with Crippen LogP contribution >= 0.6 is 0 Å². The number of likely N-dealkylation sites (tertiary alicyclic amines) is 1. The first-order valence-corrected chi connectivity index (χ1v) is 9.59. The lowest BCUT2D eigenvalue weighted by atomic mass is 10.1. The molecule has 9 heteroatoms. The van der Waals surface area contributed by atoms with Gasteiger partial charge < -0.3 is 9.15 Å². The van der Waals surface area contributed by atoms with Gasteiger partial charge in [0.1, 0.15) is 0 Å². The van der Waals surface area contributed by atoms with E-state index in [2.05, 4.69) is 15.1 Å². The van der Waals surface area contributed by atoms with Gasteiger partial charge in [0.05, 0.1) is 24.5 Å². The molecule has 0 N–H and O–H groups in total. The molecule has 8 nitrogen and oxygen atoms in total. The van der Waals surface area contributed by atoms with Crippen LogP contribution in [0, 0.1) is 6.92 Å². The standard InChI is InChI=1S/C14H24N4O4S/c1-11(14-16-15-12(2)22-14)17-5-3-4-13(10-17)23(19,20)18-6-8-21-9-7-18/h11,13H,3-10H2,1-2H3/t11-,13-/m1/s1. The maximum absolute atomic E-state index is 12.8. The highest BCUT2D eigenvalue weighted by Gasteiger charge is 2.37. The Hall–Kier alpha value is -1.03. The summed E-state index contributed by atoms with van der Waals surface area (Å²) in [5.74, 6) is 1.08. The van der Waals surface area contributed by atoms with E-state index < -0.39 is 10.0 Å². The SMILES string of the molecule is Cc1nnc([C@@H](C)N2CCC[C@@H](S(=O)(=O)N3CCOCC3)C2)o1. The van der Waals surface area contributed by atoms with Crippen molar-refractivity contribution >= 4 is 10.0 Å². The zero-order valence-electron chi connectivity index (χ0n) is 13.6. The van der Waals surface area contributed by atoms with Crippen LogP contribution in [-0.4, -0.2) is 72.5 Å². The molecule has 2 aliphatic heterocycles. The lowest BCUT2D eigenvalue weighted by Gasteiger charge is -2.37. The van der Waals surface area contributed by atoms with Crippen LogP contribution in [0.3, 0.4) is 0 Å². The Morgan fingerprint density at radius 1 is 1.22 bits per heavy atom. The number of hydrogen-bond donors (Lipinski definition) is 0. The van der Waals surface area contributed by atoms with E-state index in [-0.39, 0.29) is 11.3 Å². The van der Waals surface area contributed by atoms with Crippen LogP contribution < -0.4 is 0 Å². The molecule has 0 aromatic carbocycles. The molecule has 2 aliphatic rings. The Kier molecular flexibility index (Phi) is 5.00. The minimum absolute atomic E-state index is 0.0705. The first-order valence-electron chi connectivity index (χ1n) is 8.09. The highest BCUT2D eigenvalue weighted by atomic mass is 32.2. The molecule has 0 saturated carbocycles. The molecule has 0 spiro atoms. The summed E-state index contributed by atoms with van der Waals surface area (Å²) in [6, 6.07) is -0.0705. The second kappa shape index (κ2) is 6.84. The fourth-order valence-corrected chi connectivity index (χ4v) is 5.13. The van der Waals surface area contributed by atoms with E-state index >= 15 is 0 Å². The molecular weight excluding hydrogens is 320 g/mol. The molecule has 1 aromatic rings. The van der Waals surface area contributed by atoms with E-state index in [0.29, 0.717) is 51.1 Å². The summed E-state index contributed by atoms with van der Waals surface area (Å²) < 4.78 is 38.0. The molecule has 1 aromatic heterocycles. The summed E-state index contributed by atoms with van der Waals surface area (Å²) in [7, 11) is -3.28. The van der Waals surface area contributed by atoms with Gasteiger partial charge in [0, 0.05) is 26.6 Å². The van der Waals surface area contributed by atoms with E-state index in [4.69, 9.17) is 9.15 Å². The number of aryl methyl sites for hydroxylation is 1. The van der Waals surface area contributed by atoms with Crippen molar-refractivity contribution in [3.05, 3.63) is 11.8 Å². The minimum Gasteiger partial charge on any atom is -0.424 e. The molecule has 2 fully saturated rings. The van der Waals surface area contributed by atoms with Crippen molar-refractivity contribution in [1.82, 2.24) is 19.4 Å². The van der Waals surface area contributed by atoms with E-state index in [1.54, 1.807) is 11.2 Å². The normalized spacial score (nSPS) is 26.3. The number of sulfonamides is 1. The van der Waals surface area contributed by atoms with Gasteiger partial charge in [-0.15, -0.1) is 10.2 Å². The van der Waals surface area contributed by atoms with Gasteiger partial charge in [-0.2, -0.15) is 4.31 Å². The smallest absolute Gasteiger partial charge is 0.233 e. The number of nitrogens with zero attached hydrogens (tertiary/aromatic N) is 4. The quantitative estimate of drug-likeness (QED) is 0.788. The van der Waals surface area contributed by atoms with E-state index in [0.717, 1.165) is 13.0 Å². The topological polar surface area (TPSA) is 88.8 Å². The predicted molar refractivity (Wildman–Crippen MR) is 83.4 cm³/mol. The number of hydrogen-bond acceptors (Lipinski definition) is 7. The highest BCUT2D eigenvalue weighted by Crippen LogP contribution is 2.27. The Labute approximate surface area is 136 Å². The van der Waals surface area contributed by atoms with Crippen LogP contribution in [0.2, 0.25) is 0 Å². The van der Waals surface area contributed by atoms with Gasteiger partial charge in [0.15, 0.2) is 0 Å². The minimum atomic E-state index is -3.28. The second-order valence-electron chi connectivity index (χ2n) is 6.15. The maximum atomic E-state index is 12.8. The first kappa shape index (κ1) is 16.8. The summed E-state index contributed by atoms with van der Waals surface area (Å²) in [6.07, 6.45) is 1.55. The predicted octanol–water partition coefficient (Wildman–Crippen LogP) is 0.565. The Morgan fingerprint density at radius 2 is 1.96 bits per heavy atom.